The van der Waals surface area contributed by atoms with Crippen molar-refractivity contribution in [2.45, 2.75) is 38.8 Å². The van der Waals surface area contributed by atoms with E-state index in [9.17, 15) is 4.79 Å². The van der Waals surface area contributed by atoms with Gasteiger partial charge in [0.1, 0.15) is 17.7 Å². The molecule has 0 spiro atoms. The number of aromatic nitrogens is 1. The first kappa shape index (κ1) is 17.6. The molecule has 0 radical (unpaired) electrons. The Morgan fingerprint density at radius 3 is 2.74 bits per heavy atom. The first-order valence-corrected chi connectivity index (χ1v) is 9.70. The predicted molar refractivity (Wildman–Crippen MR) is 106 cm³/mol. The standard InChI is InChI=1S/C21H26N4O2/c1-16-14-25(15-17-7-3-4-8-19(17)27-16)21(26)23-18-9-10-20(22-13-18)24-11-5-2-6-12-24/h3-4,7-10,13,16H,2,5-6,11-12,14-15H2,1H3,(H,23,26). The molecule has 1 atom stereocenters. The average Bonchev–Trinajstić information content (AvgIpc) is 2.87. The molecule has 2 aromatic rings. The van der Waals surface area contributed by atoms with E-state index < -0.39 is 0 Å². The zero-order valence-corrected chi connectivity index (χ0v) is 15.7. The lowest BCUT2D eigenvalue weighted by Gasteiger charge is -2.27. The van der Waals surface area contributed by atoms with Crippen LogP contribution in [0.1, 0.15) is 31.7 Å². The van der Waals surface area contributed by atoms with E-state index in [1.54, 1.807) is 11.1 Å². The van der Waals surface area contributed by atoms with Crippen LogP contribution in [0.4, 0.5) is 16.3 Å². The Balaban J connectivity index is 1.42. The van der Waals surface area contributed by atoms with Crippen molar-refractivity contribution >= 4 is 17.5 Å². The lowest BCUT2D eigenvalue weighted by molar-refractivity contribution is 0.167. The van der Waals surface area contributed by atoms with Crippen molar-refractivity contribution in [3.8, 4) is 5.75 Å². The highest BCUT2D eigenvalue weighted by molar-refractivity contribution is 5.89. The van der Waals surface area contributed by atoms with Crippen LogP contribution in [0.25, 0.3) is 0 Å². The molecule has 0 aliphatic carbocycles. The second-order valence-corrected chi connectivity index (χ2v) is 7.30. The molecule has 6 heteroatoms. The van der Waals surface area contributed by atoms with Crippen molar-refractivity contribution in [3.63, 3.8) is 0 Å². The van der Waals surface area contributed by atoms with Gasteiger partial charge in [0.25, 0.3) is 0 Å². The number of fused-ring (bicyclic) bond motifs is 1. The molecule has 1 unspecified atom stereocenters. The van der Waals surface area contributed by atoms with Gasteiger partial charge in [-0.05, 0) is 44.4 Å². The number of piperidine rings is 1. The highest BCUT2D eigenvalue weighted by atomic mass is 16.5. The van der Waals surface area contributed by atoms with Gasteiger partial charge < -0.3 is 19.9 Å². The zero-order valence-electron chi connectivity index (χ0n) is 15.7. The summed E-state index contributed by atoms with van der Waals surface area (Å²) < 4.78 is 5.93. The molecular formula is C21H26N4O2. The lowest BCUT2D eigenvalue weighted by atomic mass is 10.1. The third-order valence-electron chi connectivity index (χ3n) is 5.11. The highest BCUT2D eigenvalue weighted by Crippen LogP contribution is 2.25. The van der Waals surface area contributed by atoms with Gasteiger partial charge in [-0.3, -0.25) is 0 Å². The van der Waals surface area contributed by atoms with E-state index in [2.05, 4.69) is 15.2 Å². The van der Waals surface area contributed by atoms with Gasteiger partial charge in [0, 0.05) is 18.7 Å². The summed E-state index contributed by atoms with van der Waals surface area (Å²) in [4.78, 5) is 21.4. The molecule has 4 rings (SSSR count). The zero-order chi connectivity index (χ0) is 18.6. The van der Waals surface area contributed by atoms with E-state index in [1.165, 1.54) is 19.3 Å². The molecule has 2 aliphatic rings. The fourth-order valence-corrected chi connectivity index (χ4v) is 3.71. The molecule has 142 valence electrons. The van der Waals surface area contributed by atoms with Gasteiger partial charge in [-0.25, -0.2) is 9.78 Å². The molecule has 0 bridgehead atoms. The molecular weight excluding hydrogens is 340 g/mol. The van der Waals surface area contributed by atoms with Crippen molar-refractivity contribution in [2.24, 2.45) is 0 Å². The van der Waals surface area contributed by atoms with Crippen LogP contribution in [-0.2, 0) is 6.54 Å². The summed E-state index contributed by atoms with van der Waals surface area (Å²) >= 11 is 0. The highest BCUT2D eigenvalue weighted by Gasteiger charge is 2.23. The van der Waals surface area contributed by atoms with E-state index in [0.717, 1.165) is 30.2 Å². The van der Waals surface area contributed by atoms with E-state index in [4.69, 9.17) is 4.74 Å². The first-order valence-electron chi connectivity index (χ1n) is 9.70. The maximum Gasteiger partial charge on any atom is 0.322 e. The summed E-state index contributed by atoms with van der Waals surface area (Å²) in [6.45, 7) is 5.18. The van der Waals surface area contributed by atoms with Crippen molar-refractivity contribution in [3.05, 3.63) is 48.2 Å². The Bertz CT molecular complexity index is 787. The maximum atomic E-state index is 12.8. The number of nitrogens with zero attached hydrogens (tertiary/aromatic N) is 3. The van der Waals surface area contributed by atoms with E-state index in [0.29, 0.717) is 18.8 Å². The minimum absolute atomic E-state index is 0.0565. The van der Waals surface area contributed by atoms with Crippen LogP contribution in [-0.4, -0.2) is 41.7 Å². The van der Waals surface area contributed by atoms with Crippen LogP contribution in [0, 0.1) is 0 Å². The summed E-state index contributed by atoms with van der Waals surface area (Å²) in [5.41, 5.74) is 1.74. The average molecular weight is 366 g/mol. The van der Waals surface area contributed by atoms with Crippen molar-refractivity contribution < 1.29 is 9.53 Å². The number of para-hydroxylation sites is 1. The monoisotopic (exact) mass is 366 g/mol. The summed E-state index contributed by atoms with van der Waals surface area (Å²) in [6.07, 6.45) is 5.42. The van der Waals surface area contributed by atoms with Crippen LogP contribution in [0.15, 0.2) is 42.6 Å². The minimum Gasteiger partial charge on any atom is -0.489 e. The number of ether oxygens (including phenoxy) is 1. The van der Waals surface area contributed by atoms with Crippen molar-refractivity contribution in [1.82, 2.24) is 9.88 Å². The second kappa shape index (κ2) is 7.86. The maximum absolute atomic E-state index is 12.8. The van der Waals surface area contributed by atoms with Gasteiger partial charge in [-0.2, -0.15) is 0 Å². The third kappa shape index (κ3) is 4.15. The number of benzene rings is 1. The van der Waals surface area contributed by atoms with Crippen LogP contribution >= 0.6 is 0 Å². The third-order valence-corrected chi connectivity index (χ3v) is 5.11. The summed E-state index contributed by atoms with van der Waals surface area (Å²) in [7, 11) is 0. The minimum atomic E-state index is -0.130. The number of carbonyl (C=O) groups excluding carboxylic acids is 1. The second-order valence-electron chi connectivity index (χ2n) is 7.30. The number of anilines is 2. The number of hydrogen-bond donors (Lipinski definition) is 1. The van der Waals surface area contributed by atoms with Crippen molar-refractivity contribution in [2.75, 3.05) is 29.9 Å². The first-order chi connectivity index (χ1) is 13.2. The largest absolute Gasteiger partial charge is 0.489 e. The fourth-order valence-electron chi connectivity index (χ4n) is 3.71. The summed E-state index contributed by atoms with van der Waals surface area (Å²) in [5, 5.41) is 2.97. The molecule has 1 N–H and O–H groups in total. The molecule has 1 saturated heterocycles. The van der Waals surface area contributed by atoms with Gasteiger partial charge in [0.15, 0.2) is 0 Å². The van der Waals surface area contributed by atoms with Gasteiger partial charge in [-0.15, -0.1) is 0 Å². The van der Waals surface area contributed by atoms with Crippen molar-refractivity contribution in [1.29, 1.82) is 0 Å². The van der Waals surface area contributed by atoms with Gasteiger partial charge >= 0.3 is 6.03 Å². The van der Waals surface area contributed by atoms with Gasteiger partial charge in [0.05, 0.1) is 25.0 Å². The number of nitrogens with one attached hydrogen (secondary N) is 1. The molecule has 6 nitrogen and oxygen atoms in total. The molecule has 1 fully saturated rings. The molecule has 27 heavy (non-hydrogen) atoms. The number of rotatable bonds is 2. The van der Waals surface area contributed by atoms with Crippen LogP contribution in [0.2, 0.25) is 0 Å². The van der Waals surface area contributed by atoms with Crippen LogP contribution in [0.3, 0.4) is 0 Å². The molecule has 1 aromatic carbocycles. The molecule has 2 aliphatic heterocycles. The quantitative estimate of drug-likeness (QED) is 0.876. The number of urea groups is 1. The van der Waals surface area contributed by atoms with E-state index >= 15 is 0 Å². The Morgan fingerprint density at radius 2 is 1.96 bits per heavy atom. The molecule has 2 amide bonds. The predicted octanol–water partition coefficient (Wildman–Crippen LogP) is 3.89. The molecule has 1 aromatic heterocycles. The summed E-state index contributed by atoms with van der Waals surface area (Å²) in [5.74, 6) is 1.84. The normalized spacial score (nSPS) is 19.7. The lowest BCUT2D eigenvalue weighted by Crippen LogP contribution is -2.38. The van der Waals surface area contributed by atoms with E-state index in [-0.39, 0.29) is 12.1 Å². The Labute approximate surface area is 160 Å². The topological polar surface area (TPSA) is 57.7 Å². The Hall–Kier alpha value is -2.76. The molecule has 0 saturated carbocycles. The number of hydrogen-bond acceptors (Lipinski definition) is 4. The number of amides is 2. The smallest absolute Gasteiger partial charge is 0.322 e. The molecule has 3 heterocycles. The van der Waals surface area contributed by atoms with Gasteiger partial charge in [0.2, 0.25) is 0 Å². The Morgan fingerprint density at radius 1 is 1.15 bits per heavy atom. The SMILES string of the molecule is CC1CN(C(=O)Nc2ccc(N3CCCCC3)nc2)Cc2ccccc2O1. The summed E-state index contributed by atoms with van der Waals surface area (Å²) in [6, 6.07) is 11.7. The number of pyridine rings is 1. The Kier molecular flexibility index (Phi) is 5.14. The van der Waals surface area contributed by atoms with Crippen LogP contribution < -0.4 is 15.0 Å². The van der Waals surface area contributed by atoms with E-state index in [1.807, 2.05) is 43.3 Å². The van der Waals surface area contributed by atoms with Crippen LogP contribution in [0.5, 0.6) is 5.75 Å². The van der Waals surface area contributed by atoms with Gasteiger partial charge in [-0.1, -0.05) is 18.2 Å². The fraction of sp³-hybridized carbons (Fsp3) is 0.429. The number of carbonyl (C=O) groups is 1.